The smallest absolute Gasteiger partial charge is 0.185 e. The van der Waals surface area contributed by atoms with E-state index < -0.39 is 0 Å². The number of hydrogen-bond acceptors (Lipinski definition) is 4. The molecule has 0 saturated carbocycles. The topological polar surface area (TPSA) is 44.8 Å². The average Bonchev–Trinajstić information content (AvgIpc) is 2.60. The Labute approximate surface area is 136 Å². The minimum Gasteiger partial charge on any atom is -0.497 e. The number of carbonyl (C=O) groups is 1. The number of carbonyl (C=O) groups excluding carboxylic acids is 1. The van der Waals surface area contributed by atoms with Crippen LogP contribution < -0.4 is 14.2 Å². The molecule has 0 amide bonds. The second kappa shape index (κ2) is 8.03. The molecular formula is C19H20O4. The lowest BCUT2D eigenvalue weighted by molar-refractivity contribution is 0.104. The van der Waals surface area contributed by atoms with Gasteiger partial charge in [0, 0.05) is 17.2 Å². The van der Waals surface area contributed by atoms with Crippen molar-refractivity contribution in [1.82, 2.24) is 0 Å². The summed E-state index contributed by atoms with van der Waals surface area (Å²) in [5.74, 6) is 2.03. The minimum atomic E-state index is -0.0779. The Bertz CT molecular complexity index is 687. The monoisotopic (exact) mass is 312 g/mol. The van der Waals surface area contributed by atoms with Crippen LogP contribution in [0.25, 0.3) is 6.08 Å². The van der Waals surface area contributed by atoms with Crippen LogP contribution in [0.1, 0.15) is 22.8 Å². The van der Waals surface area contributed by atoms with Crippen molar-refractivity contribution in [2.24, 2.45) is 0 Å². The third-order valence-corrected chi connectivity index (χ3v) is 3.30. The van der Waals surface area contributed by atoms with E-state index in [2.05, 4.69) is 0 Å². The lowest BCUT2D eigenvalue weighted by Crippen LogP contribution is -1.96. The molecule has 2 aromatic carbocycles. The number of benzene rings is 2. The molecule has 0 fully saturated rings. The first-order valence-corrected chi connectivity index (χ1v) is 7.35. The summed E-state index contributed by atoms with van der Waals surface area (Å²) < 4.78 is 15.8. The molecule has 0 aliphatic carbocycles. The van der Waals surface area contributed by atoms with E-state index in [9.17, 15) is 4.79 Å². The van der Waals surface area contributed by atoms with Crippen LogP contribution >= 0.6 is 0 Å². The van der Waals surface area contributed by atoms with Gasteiger partial charge in [-0.2, -0.15) is 0 Å². The van der Waals surface area contributed by atoms with Crippen molar-refractivity contribution >= 4 is 11.9 Å². The molecule has 0 aromatic heterocycles. The molecular weight excluding hydrogens is 292 g/mol. The highest BCUT2D eigenvalue weighted by atomic mass is 16.5. The van der Waals surface area contributed by atoms with Crippen LogP contribution in [0, 0.1) is 0 Å². The lowest BCUT2D eigenvalue weighted by Gasteiger charge is -2.07. The van der Waals surface area contributed by atoms with Crippen molar-refractivity contribution < 1.29 is 19.0 Å². The molecule has 0 spiro atoms. The Kier molecular flexibility index (Phi) is 5.80. The average molecular weight is 312 g/mol. The summed E-state index contributed by atoms with van der Waals surface area (Å²) in [6, 6.07) is 12.5. The Morgan fingerprint density at radius 1 is 1.00 bits per heavy atom. The van der Waals surface area contributed by atoms with Crippen molar-refractivity contribution in [1.29, 1.82) is 0 Å². The maximum Gasteiger partial charge on any atom is 0.185 e. The van der Waals surface area contributed by atoms with Crippen molar-refractivity contribution in [2.75, 3.05) is 20.8 Å². The molecule has 0 saturated heterocycles. The second-order valence-corrected chi connectivity index (χ2v) is 4.76. The fourth-order valence-corrected chi connectivity index (χ4v) is 2.10. The van der Waals surface area contributed by atoms with Gasteiger partial charge in [-0.3, -0.25) is 4.79 Å². The van der Waals surface area contributed by atoms with Crippen molar-refractivity contribution in [3.8, 4) is 17.2 Å². The maximum absolute atomic E-state index is 12.2. The lowest BCUT2D eigenvalue weighted by atomic mass is 10.1. The van der Waals surface area contributed by atoms with E-state index in [1.165, 1.54) is 6.08 Å². The normalized spacial score (nSPS) is 10.6. The fourth-order valence-electron chi connectivity index (χ4n) is 2.10. The fraction of sp³-hybridized carbons (Fsp3) is 0.211. The van der Waals surface area contributed by atoms with Gasteiger partial charge in [-0.05, 0) is 55.5 Å². The highest BCUT2D eigenvalue weighted by Gasteiger charge is 2.05. The molecule has 0 aliphatic heterocycles. The van der Waals surface area contributed by atoms with Crippen LogP contribution in [-0.2, 0) is 0 Å². The summed E-state index contributed by atoms with van der Waals surface area (Å²) in [6.07, 6.45) is 3.26. The van der Waals surface area contributed by atoms with Crippen molar-refractivity contribution in [2.45, 2.75) is 6.92 Å². The molecule has 0 atom stereocenters. The SMILES string of the molecule is CCOc1ccc(C(=O)C=Cc2ccc(OC)cc2OC)cc1. The van der Waals surface area contributed by atoms with Crippen molar-refractivity contribution in [3.63, 3.8) is 0 Å². The first-order valence-electron chi connectivity index (χ1n) is 7.35. The van der Waals surface area contributed by atoms with E-state index in [1.807, 2.05) is 19.1 Å². The summed E-state index contributed by atoms with van der Waals surface area (Å²) in [5.41, 5.74) is 1.42. The Morgan fingerprint density at radius 3 is 2.30 bits per heavy atom. The third-order valence-electron chi connectivity index (χ3n) is 3.30. The molecule has 0 aliphatic rings. The molecule has 0 heterocycles. The molecule has 0 N–H and O–H groups in total. The van der Waals surface area contributed by atoms with E-state index in [1.54, 1.807) is 50.6 Å². The molecule has 0 unspecified atom stereocenters. The Hall–Kier alpha value is -2.75. The van der Waals surface area contributed by atoms with Crippen molar-refractivity contribution in [3.05, 3.63) is 59.7 Å². The first-order chi connectivity index (χ1) is 11.2. The van der Waals surface area contributed by atoms with Crippen LogP contribution in [0.4, 0.5) is 0 Å². The molecule has 2 aromatic rings. The van der Waals surface area contributed by atoms with E-state index in [-0.39, 0.29) is 5.78 Å². The number of allylic oxidation sites excluding steroid dienone is 1. The van der Waals surface area contributed by atoms with Crippen LogP contribution in [0.3, 0.4) is 0 Å². The Morgan fingerprint density at radius 2 is 1.70 bits per heavy atom. The summed E-state index contributed by atoms with van der Waals surface area (Å²) in [5, 5.41) is 0. The molecule has 0 radical (unpaired) electrons. The molecule has 0 bridgehead atoms. The zero-order valence-corrected chi connectivity index (χ0v) is 13.5. The van der Waals surface area contributed by atoms with Gasteiger partial charge < -0.3 is 14.2 Å². The van der Waals surface area contributed by atoms with Gasteiger partial charge in [0.2, 0.25) is 0 Å². The first kappa shape index (κ1) is 16.6. The Balaban J connectivity index is 2.14. The highest BCUT2D eigenvalue weighted by molar-refractivity contribution is 6.07. The predicted octanol–water partition coefficient (Wildman–Crippen LogP) is 4.00. The van der Waals surface area contributed by atoms with Gasteiger partial charge in [-0.15, -0.1) is 0 Å². The zero-order valence-electron chi connectivity index (χ0n) is 13.5. The van der Waals surface area contributed by atoms with Crippen LogP contribution in [0.2, 0.25) is 0 Å². The van der Waals surface area contributed by atoms with E-state index in [0.717, 1.165) is 11.3 Å². The molecule has 4 heteroatoms. The maximum atomic E-state index is 12.2. The second-order valence-electron chi connectivity index (χ2n) is 4.76. The molecule has 2 rings (SSSR count). The van der Waals surface area contributed by atoms with E-state index >= 15 is 0 Å². The number of rotatable bonds is 7. The summed E-state index contributed by atoms with van der Waals surface area (Å²) in [4.78, 5) is 12.2. The number of ether oxygens (including phenoxy) is 3. The summed E-state index contributed by atoms with van der Waals surface area (Å²) >= 11 is 0. The summed E-state index contributed by atoms with van der Waals surface area (Å²) in [6.45, 7) is 2.52. The molecule has 23 heavy (non-hydrogen) atoms. The van der Waals surface area contributed by atoms with Gasteiger partial charge in [0.1, 0.15) is 17.2 Å². The van der Waals surface area contributed by atoms with E-state index in [0.29, 0.717) is 23.7 Å². The van der Waals surface area contributed by atoms with Gasteiger partial charge in [-0.25, -0.2) is 0 Å². The zero-order chi connectivity index (χ0) is 16.7. The number of methoxy groups -OCH3 is 2. The van der Waals surface area contributed by atoms with Gasteiger partial charge in [-0.1, -0.05) is 0 Å². The minimum absolute atomic E-state index is 0.0779. The molecule has 120 valence electrons. The third kappa shape index (κ3) is 4.36. The van der Waals surface area contributed by atoms with E-state index in [4.69, 9.17) is 14.2 Å². The van der Waals surface area contributed by atoms with Crippen LogP contribution in [0.5, 0.6) is 17.2 Å². The molecule has 4 nitrogen and oxygen atoms in total. The standard InChI is InChI=1S/C19H20O4/c1-4-23-16-9-5-14(6-10-16)18(20)12-8-15-7-11-17(21-2)13-19(15)22-3/h5-13H,4H2,1-3H3. The number of ketones is 1. The number of hydrogen-bond donors (Lipinski definition) is 0. The largest absolute Gasteiger partial charge is 0.497 e. The van der Waals surface area contributed by atoms with Gasteiger partial charge in [0.05, 0.1) is 20.8 Å². The van der Waals surface area contributed by atoms with Crippen LogP contribution in [0.15, 0.2) is 48.5 Å². The van der Waals surface area contributed by atoms with Gasteiger partial charge in [0.15, 0.2) is 5.78 Å². The predicted molar refractivity (Wildman–Crippen MR) is 90.5 cm³/mol. The highest BCUT2D eigenvalue weighted by Crippen LogP contribution is 2.25. The van der Waals surface area contributed by atoms with Gasteiger partial charge >= 0.3 is 0 Å². The summed E-state index contributed by atoms with van der Waals surface area (Å²) in [7, 11) is 3.18. The van der Waals surface area contributed by atoms with Gasteiger partial charge in [0.25, 0.3) is 0 Å². The quantitative estimate of drug-likeness (QED) is 0.572. The van der Waals surface area contributed by atoms with Crippen LogP contribution in [-0.4, -0.2) is 26.6 Å².